The van der Waals surface area contributed by atoms with Crippen molar-refractivity contribution in [1.82, 2.24) is 4.98 Å². The van der Waals surface area contributed by atoms with Crippen LogP contribution in [0.2, 0.25) is 0 Å². The molecule has 0 bridgehead atoms. The molecule has 1 aliphatic rings. The number of carbonyl (C=O) groups is 2. The van der Waals surface area contributed by atoms with Crippen LogP contribution in [-0.2, 0) is 17.6 Å². The number of H-pyrrole nitrogens is 1. The van der Waals surface area contributed by atoms with E-state index in [0.717, 1.165) is 29.7 Å². The molecule has 0 saturated carbocycles. The lowest BCUT2D eigenvalue weighted by molar-refractivity contribution is 0.0526. The second-order valence-electron chi connectivity index (χ2n) is 7.49. The Morgan fingerprint density at radius 1 is 1.37 bits per heavy atom. The van der Waals surface area contributed by atoms with Gasteiger partial charge < -0.3 is 20.1 Å². The van der Waals surface area contributed by atoms with Gasteiger partial charge in [0.15, 0.2) is 0 Å². The molecular weight excluding hydrogens is 404 g/mol. The van der Waals surface area contributed by atoms with Gasteiger partial charge in [0.2, 0.25) is 0 Å². The summed E-state index contributed by atoms with van der Waals surface area (Å²) < 4.78 is 4.96. The second kappa shape index (κ2) is 7.95. The van der Waals surface area contributed by atoms with Crippen LogP contribution in [0.3, 0.4) is 0 Å². The Kier molecular flexibility index (Phi) is 5.34. The highest BCUT2D eigenvalue weighted by Crippen LogP contribution is 2.41. The molecule has 8 heteroatoms. The van der Waals surface area contributed by atoms with E-state index in [1.807, 2.05) is 0 Å². The smallest absolute Gasteiger partial charge is 0.338 e. The average Bonchev–Trinajstić information content (AvgIpc) is 3.05. The fourth-order valence-corrected chi connectivity index (χ4v) is 5.24. The molecule has 3 aromatic rings. The number of thiophene rings is 1. The van der Waals surface area contributed by atoms with E-state index in [-0.39, 0.29) is 23.5 Å². The number of anilines is 1. The Hall–Kier alpha value is -3.13. The Bertz CT molecular complexity index is 1210. The van der Waals surface area contributed by atoms with Crippen LogP contribution in [0.15, 0.2) is 29.1 Å². The largest absolute Gasteiger partial charge is 0.506 e. The molecule has 1 atom stereocenters. The lowest BCUT2D eigenvalue weighted by Crippen LogP contribution is -2.23. The fraction of sp³-hybridized carbons (Fsp3) is 0.318. The highest BCUT2D eigenvalue weighted by Gasteiger charge is 2.27. The zero-order valence-electron chi connectivity index (χ0n) is 16.7. The third kappa shape index (κ3) is 3.59. The molecule has 7 nitrogen and oxygen atoms in total. The van der Waals surface area contributed by atoms with Gasteiger partial charge in [-0.3, -0.25) is 9.59 Å². The van der Waals surface area contributed by atoms with Crippen molar-refractivity contribution in [3.63, 3.8) is 0 Å². The van der Waals surface area contributed by atoms with E-state index < -0.39 is 17.4 Å². The van der Waals surface area contributed by atoms with E-state index in [9.17, 15) is 19.5 Å². The quantitative estimate of drug-likeness (QED) is 0.549. The maximum Gasteiger partial charge on any atom is 0.338 e. The van der Waals surface area contributed by atoms with Crippen molar-refractivity contribution < 1.29 is 19.4 Å². The van der Waals surface area contributed by atoms with Crippen LogP contribution in [0.1, 0.15) is 51.4 Å². The number of hydrogen-bond donors (Lipinski definition) is 3. The summed E-state index contributed by atoms with van der Waals surface area (Å²) >= 11 is 1.47. The van der Waals surface area contributed by atoms with Crippen molar-refractivity contribution >= 4 is 39.1 Å². The van der Waals surface area contributed by atoms with Crippen LogP contribution >= 0.6 is 11.3 Å². The molecule has 1 amide bonds. The van der Waals surface area contributed by atoms with Gasteiger partial charge in [0, 0.05) is 10.6 Å². The van der Waals surface area contributed by atoms with Gasteiger partial charge in [0.1, 0.15) is 16.1 Å². The highest BCUT2D eigenvalue weighted by molar-refractivity contribution is 7.18. The van der Waals surface area contributed by atoms with Gasteiger partial charge in [-0.05, 0) is 55.9 Å². The molecule has 2 heterocycles. The molecule has 156 valence electrons. The number of fused-ring (bicyclic) bond motifs is 3. The molecule has 3 N–H and O–H groups in total. The number of pyridine rings is 1. The summed E-state index contributed by atoms with van der Waals surface area (Å²) in [6.45, 7) is 4.13. The number of aromatic nitrogens is 1. The van der Waals surface area contributed by atoms with Crippen molar-refractivity contribution in [2.24, 2.45) is 5.92 Å². The van der Waals surface area contributed by atoms with Crippen molar-refractivity contribution in [2.75, 3.05) is 11.9 Å². The Balaban J connectivity index is 1.70. The first-order valence-electron chi connectivity index (χ1n) is 9.87. The monoisotopic (exact) mass is 426 g/mol. The Morgan fingerprint density at radius 2 is 2.17 bits per heavy atom. The van der Waals surface area contributed by atoms with Crippen LogP contribution in [-0.4, -0.2) is 28.6 Å². The first-order valence-corrected chi connectivity index (χ1v) is 10.7. The second-order valence-corrected chi connectivity index (χ2v) is 8.59. The maximum absolute atomic E-state index is 12.8. The Morgan fingerprint density at radius 3 is 2.93 bits per heavy atom. The van der Waals surface area contributed by atoms with Gasteiger partial charge in [0.25, 0.3) is 11.5 Å². The van der Waals surface area contributed by atoms with Gasteiger partial charge in [0.05, 0.1) is 17.6 Å². The molecular formula is C22H22N2O5S. The highest BCUT2D eigenvalue weighted by atomic mass is 32.1. The molecule has 0 spiro atoms. The van der Waals surface area contributed by atoms with Gasteiger partial charge >= 0.3 is 5.97 Å². The number of amides is 1. The van der Waals surface area contributed by atoms with Gasteiger partial charge in [-0.15, -0.1) is 11.3 Å². The molecule has 0 aliphatic heterocycles. The number of nitrogens with one attached hydrogen (secondary N) is 2. The molecule has 0 fully saturated rings. The summed E-state index contributed by atoms with van der Waals surface area (Å²) in [5, 5.41) is 14.0. The number of esters is 1. The van der Waals surface area contributed by atoms with Gasteiger partial charge in [-0.2, -0.15) is 0 Å². The van der Waals surface area contributed by atoms with E-state index >= 15 is 0 Å². The lowest BCUT2D eigenvalue weighted by atomic mass is 9.89. The summed E-state index contributed by atoms with van der Waals surface area (Å²) in [6, 6.07) is 6.24. The topological polar surface area (TPSA) is 108 Å². The number of rotatable bonds is 4. The van der Waals surface area contributed by atoms with Crippen LogP contribution in [0, 0.1) is 5.92 Å². The van der Waals surface area contributed by atoms with Crippen molar-refractivity contribution in [2.45, 2.75) is 33.1 Å². The summed E-state index contributed by atoms with van der Waals surface area (Å²) in [5.41, 5.74) is 0.643. The van der Waals surface area contributed by atoms with E-state index in [0.29, 0.717) is 21.8 Å². The number of aromatic hydroxyl groups is 1. The van der Waals surface area contributed by atoms with Crippen molar-refractivity contribution in [1.29, 1.82) is 0 Å². The predicted octanol–water partition coefficient (Wildman–Crippen LogP) is 3.85. The fourth-order valence-electron chi connectivity index (χ4n) is 3.83. The first kappa shape index (κ1) is 20.2. The standard InChI is InChI=1S/C22H22N2O5S/c1-3-29-22(28)12-5-4-6-13(10-12)23-19(26)17-18(25)16-14-8-7-11(2)9-15(14)30-21(16)24-20(17)27/h4-6,10-11H,3,7-9H2,1-2H3,(H,23,26)(H2,24,25,27)/t11-/m0/s1. The van der Waals surface area contributed by atoms with Gasteiger partial charge in [-0.1, -0.05) is 13.0 Å². The summed E-state index contributed by atoms with van der Waals surface area (Å²) in [7, 11) is 0. The summed E-state index contributed by atoms with van der Waals surface area (Å²) in [4.78, 5) is 41.8. The minimum absolute atomic E-state index is 0.239. The molecule has 0 radical (unpaired) electrons. The molecule has 1 aromatic carbocycles. The minimum Gasteiger partial charge on any atom is -0.506 e. The zero-order valence-corrected chi connectivity index (χ0v) is 17.5. The number of aromatic amines is 1. The average molecular weight is 426 g/mol. The molecule has 1 aliphatic carbocycles. The van der Waals surface area contributed by atoms with Crippen LogP contribution in [0.4, 0.5) is 5.69 Å². The molecule has 2 aromatic heterocycles. The molecule has 0 saturated heterocycles. The number of carbonyl (C=O) groups excluding carboxylic acids is 2. The third-order valence-corrected chi connectivity index (χ3v) is 6.47. The van der Waals surface area contributed by atoms with Crippen molar-refractivity contribution in [3.8, 4) is 5.75 Å². The van der Waals surface area contributed by atoms with Crippen LogP contribution < -0.4 is 10.9 Å². The Labute approximate surface area is 176 Å². The number of benzene rings is 1. The SMILES string of the molecule is CCOC(=O)c1cccc(NC(=O)c2c(O)c3c4c(sc3[nH]c2=O)C[C@@H](C)CC4)c1. The lowest BCUT2D eigenvalue weighted by Gasteiger charge is -2.18. The summed E-state index contributed by atoms with van der Waals surface area (Å²) in [5.74, 6) is -0.982. The predicted molar refractivity (Wildman–Crippen MR) is 116 cm³/mol. The summed E-state index contributed by atoms with van der Waals surface area (Å²) in [6.07, 6.45) is 2.71. The van der Waals surface area contributed by atoms with Crippen LogP contribution in [0.5, 0.6) is 5.75 Å². The van der Waals surface area contributed by atoms with E-state index in [2.05, 4.69) is 17.2 Å². The van der Waals surface area contributed by atoms with Crippen LogP contribution in [0.25, 0.3) is 10.2 Å². The molecule has 30 heavy (non-hydrogen) atoms. The normalized spacial score (nSPS) is 15.6. The van der Waals surface area contributed by atoms with Gasteiger partial charge in [-0.25, -0.2) is 4.79 Å². The molecule has 4 rings (SSSR count). The van der Waals surface area contributed by atoms with E-state index in [1.54, 1.807) is 25.1 Å². The minimum atomic E-state index is -0.735. The zero-order chi connectivity index (χ0) is 21.4. The maximum atomic E-state index is 12.8. The molecule has 0 unspecified atom stereocenters. The number of hydrogen-bond acceptors (Lipinski definition) is 6. The number of aryl methyl sites for hydroxylation is 1. The number of ether oxygens (including phenoxy) is 1. The first-order chi connectivity index (χ1) is 14.4. The van der Waals surface area contributed by atoms with E-state index in [1.165, 1.54) is 17.4 Å². The van der Waals surface area contributed by atoms with Crippen molar-refractivity contribution in [3.05, 3.63) is 56.2 Å². The third-order valence-electron chi connectivity index (χ3n) is 5.30. The van der Waals surface area contributed by atoms with E-state index in [4.69, 9.17) is 4.74 Å².